The topological polar surface area (TPSA) is 35.2 Å². The molecule has 0 spiro atoms. The van der Waals surface area contributed by atoms with E-state index >= 15 is 0 Å². The number of benzene rings is 2. The number of thiocarbonyl (C=S) groups is 1. The molecule has 19 heavy (non-hydrogen) atoms. The third-order valence-corrected chi connectivity index (χ3v) is 3.77. The number of hydrogen-bond donors (Lipinski definition) is 1. The van der Waals surface area contributed by atoms with Crippen LogP contribution in [-0.4, -0.2) is 4.99 Å². The Morgan fingerprint density at radius 3 is 2.32 bits per heavy atom. The van der Waals surface area contributed by atoms with Gasteiger partial charge in [-0.05, 0) is 48.9 Å². The van der Waals surface area contributed by atoms with E-state index in [1.165, 1.54) is 0 Å². The van der Waals surface area contributed by atoms with E-state index in [1.807, 2.05) is 43.3 Å². The number of hydrogen-bond acceptors (Lipinski definition) is 2. The molecule has 0 fully saturated rings. The minimum Gasteiger partial charge on any atom is -0.456 e. The quantitative estimate of drug-likeness (QED) is 0.740. The van der Waals surface area contributed by atoms with Gasteiger partial charge in [0.15, 0.2) is 0 Å². The highest BCUT2D eigenvalue weighted by molar-refractivity contribution is 9.10. The van der Waals surface area contributed by atoms with Gasteiger partial charge in [-0.25, -0.2) is 0 Å². The molecule has 0 saturated carbocycles. The lowest BCUT2D eigenvalue weighted by atomic mass is 10.2. The molecular formula is C14H11Br2NOS. The molecule has 0 radical (unpaired) electrons. The summed E-state index contributed by atoms with van der Waals surface area (Å²) in [5.74, 6) is 1.42. The molecule has 0 aliphatic carbocycles. The fourth-order valence-corrected chi connectivity index (χ4v) is 2.61. The van der Waals surface area contributed by atoms with Gasteiger partial charge in [0.2, 0.25) is 0 Å². The van der Waals surface area contributed by atoms with Crippen LogP contribution in [-0.2, 0) is 0 Å². The second-order valence-electron chi connectivity index (χ2n) is 4.02. The van der Waals surface area contributed by atoms with Gasteiger partial charge in [-0.2, -0.15) is 0 Å². The van der Waals surface area contributed by atoms with Crippen molar-refractivity contribution in [1.29, 1.82) is 0 Å². The molecule has 2 aromatic rings. The Bertz CT molecular complexity index is 643. The Balaban J connectivity index is 2.42. The summed E-state index contributed by atoms with van der Waals surface area (Å²) in [5, 5.41) is 0. The van der Waals surface area contributed by atoms with E-state index in [9.17, 15) is 0 Å². The minimum absolute atomic E-state index is 0.317. The van der Waals surface area contributed by atoms with E-state index in [2.05, 4.69) is 31.9 Å². The molecule has 2 rings (SSSR count). The Kier molecular flexibility index (Phi) is 4.60. The van der Waals surface area contributed by atoms with E-state index in [0.29, 0.717) is 10.7 Å². The average Bonchev–Trinajstić information content (AvgIpc) is 2.32. The molecule has 5 heteroatoms. The summed E-state index contributed by atoms with van der Waals surface area (Å²) in [5.41, 5.74) is 7.46. The predicted octanol–water partition coefficient (Wildman–Crippen LogP) is 4.95. The fourth-order valence-electron chi connectivity index (χ4n) is 1.63. The van der Waals surface area contributed by atoms with Crippen LogP contribution in [0.4, 0.5) is 0 Å². The molecule has 2 nitrogen and oxygen atoms in total. The summed E-state index contributed by atoms with van der Waals surface area (Å²) in [6.07, 6.45) is 0. The Labute approximate surface area is 134 Å². The first-order valence-electron chi connectivity index (χ1n) is 5.51. The van der Waals surface area contributed by atoms with E-state index in [-0.39, 0.29) is 0 Å². The highest BCUT2D eigenvalue weighted by Crippen LogP contribution is 2.31. The van der Waals surface area contributed by atoms with Crippen LogP contribution in [0.3, 0.4) is 0 Å². The highest BCUT2D eigenvalue weighted by atomic mass is 79.9. The van der Waals surface area contributed by atoms with Gasteiger partial charge in [0.25, 0.3) is 0 Å². The summed E-state index contributed by atoms with van der Waals surface area (Å²) in [6.45, 7) is 1.98. The second-order valence-corrected chi connectivity index (χ2v) is 6.29. The van der Waals surface area contributed by atoms with Gasteiger partial charge in [-0.3, -0.25) is 0 Å². The predicted molar refractivity (Wildman–Crippen MR) is 89.0 cm³/mol. The van der Waals surface area contributed by atoms with Crippen molar-refractivity contribution in [3.8, 4) is 11.5 Å². The molecule has 0 bridgehead atoms. The van der Waals surface area contributed by atoms with Crippen molar-refractivity contribution in [3.05, 3.63) is 56.5 Å². The van der Waals surface area contributed by atoms with E-state index in [4.69, 9.17) is 22.7 Å². The van der Waals surface area contributed by atoms with Crippen molar-refractivity contribution in [2.45, 2.75) is 6.92 Å². The first-order valence-corrected chi connectivity index (χ1v) is 7.50. The Hall–Kier alpha value is -0.910. The summed E-state index contributed by atoms with van der Waals surface area (Å²) in [7, 11) is 0. The molecule has 2 N–H and O–H groups in total. The van der Waals surface area contributed by atoms with Crippen LogP contribution >= 0.6 is 44.1 Å². The summed E-state index contributed by atoms with van der Waals surface area (Å²) in [6, 6.07) is 11.4. The molecule has 0 heterocycles. The number of nitrogens with two attached hydrogens (primary N) is 1. The van der Waals surface area contributed by atoms with Crippen molar-refractivity contribution in [1.82, 2.24) is 0 Å². The number of ether oxygens (including phenoxy) is 1. The first kappa shape index (κ1) is 14.5. The number of aryl methyl sites for hydroxylation is 1. The van der Waals surface area contributed by atoms with E-state index < -0.39 is 0 Å². The molecule has 0 atom stereocenters. The number of rotatable bonds is 3. The maximum atomic E-state index is 5.92. The summed E-state index contributed by atoms with van der Waals surface area (Å²) in [4.78, 5) is 0.317. The standard InChI is InChI=1S/C14H11Br2NOS/c1-8-6-9(15)3-5-12(8)18-13-7-10(16)2-4-11(13)14(17)19/h2-7H,1H3,(H2,17,19). The zero-order chi connectivity index (χ0) is 14.0. The van der Waals surface area contributed by atoms with Gasteiger partial charge in [-0.15, -0.1) is 0 Å². The molecule has 0 aliphatic rings. The lowest BCUT2D eigenvalue weighted by molar-refractivity contribution is 0.477. The van der Waals surface area contributed by atoms with Crippen LogP contribution < -0.4 is 10.5 Å². The van der Waals surface area contributed by atoms with Crippen molar-refractivity contribution in [2.75, 3.05) is 0 Å². The largest absolute Gasteiger partial charge is 0.456 e. The smallest absolute Gasteiger partial charge is 0.138 e. The van der Waals surface area contributed by atoms with Gasteiger partial charge in [0.05, 0.1) is 5.56 Å². The Morgan fingerprint density at radius 2 is 1.68 bits per heavy atom. The fraction of sp³-hybridized carbons (Fsp3) is 0.0714. The van der Waals surface area contributed by atoms with Crippen molar-refractivity contribution in [2.24, 2.45) is 5.73 Å². The molecule has 0 amide bonds. The zero-order valence-electron chi connectivity index (χ0n) is 10.1. The van der Waals surface area contributed by atoms with Crippen LogP contribution in [0.5, 0.6) is 11.5 Å². The van der Waals surface area contributed by atoms with Crippen LogP contribution in [0.2, 0.25) is 0 Å². The zero-order valence-corrected chi connectivity index (χ0v) is 14.1. The monoisotopic (exact) mass is 399 g/mol. The molecule has 0 aliphatic heterocycles. The summed E-state index contributed by atoms with van der Waals surface area (Å²) < 4.78 is 7.85. The Morgan fingerprint density at radius 1 is 1.05 bits per heavy atom. The molecule has 0 unspecified atom stereocenters. The highest BCUT2D eigenvalue weighted by Gasteiger charge is 2.10. The van der Waals surface area contributed by atoms with Gasteiger partial charge < -0.3 is 10.5 Å². The van der Waals surface area contributed by atoms with Crippen LogP contribution in [0.15, 0.2) is 45.3 Å². The third kappa shape index (κ3) is 3.55. The van der Waals surface area contributed by atoms with Crippen molar-refractivity contribution < 1.29 is 4.74 Å². The van der Waals surface area contributed by atoms with Gasteiger partial charge in [-0.1, -0.05) is 44.1 Å². The maximum Gasteiger partial charge on any atom is 0.138 e. The van der Waals surface area contributed by atoms with Gasteiger partial charge in [0, 0.05) is 8.95 Å². The van der Waals surface area contributed by atoms with E-state index in [1.54, 1.807) is 0 Å². The summed E-state index contributed by atoms with van der Waals surface area (Å²) >= 11 is 11.9. The average molecular weight is 401 g/mol. The third-order valence-electron chi connectivity index (χ3n) is 2.57. The molecule has 98 valence electrons. The van der Waals surface area contributed by atoms with Gasteiger partial charge in [0.1, 0.15) is 16.5 Å². The lowest BCUT2D eigenvalue weighted by Crippen LogP contribution is -2.10. The SMILES string of the molecule is Cc1cc(Br)ccc1Oc1cc(Br)ccc1C(N)=S. The van der Waals surface area contributed by atoms with Crippen molar-refractivity contribution >= 4 is 49.1 Å². The van der Waals surface area contributed by atoms with E-state index in [0.717, 1.165) is 25.8 Å². The second kappa shape index (κ2) is 6.03. The minimum atomic E-state index is 0.317. The van der Waals surface area contributed by atoms with Crippen LogP contribution in [0, 0.1) is 6.92 Å². The molecule has 2 aromatic carbocycles. The van der Waals surface area contributed by atoms with Crippen LogP contribution in [0.1, 0.15) is 11.1 Å². The van der Waals surface area contributed by atoms with Crippen LogP contribution in [0.25, 0.3) is 0 Å². The first-order chi connectivity index (χ1) is 8.97. The maximum absolute atomic E-state index is 5.92. The number of halogens is 2. The lowest BCUT2D eigenvalue weighted by Gasteiger charge is -2.13. The molecule has 0 aromatic heterocycles. The van der Waals surface area contributed by atoms with Gasteiger partial charge >= 0.3 is 0 Å². The molecular weight excluding hydrogens is 390 g/mol. The van der Waals surface area contributed by atoms with Crippen molar-refractivity contribution in [3.63, 3.8) is 0 Å². The normalized spacial score (nSPS) is 10.3. The molecule has 0 saturated heterocycles.